The molecule has 0 spiro atoms. The Balaban J connectivity index is 1.44. The summed E-state index contributed by atoms with van der Waals surface area (Å²) in [6, 6.07) is 11.6. The lowest BCUT2D eigenvalue weighted by atomic mass is 9.74. The molecule has 0 bridgehead atoms. The number of Topliss-reactive ketones (excluding diaryl/α,β-unsaturated/α-hetero) is 1. The fourth-order valence-electron chi connectivity index (χ4n) is 4.11. The summed E-state index contributed by atoms with van der Waals surface area (Å²) in [4.78, 5) is 24.2. The summed E-state index contributed by atoms with van der Waals surface area (Å²) in [6.07, 6.45) is 2.69. The monoisotopic (exact) mass is 382 g/mol. The number of benzene rings is 2. The number of anilines is 1. The van der Waals surface area contributed by atoms with E-state index in [0.29, 0.717) is 38.3 Å². The number of hydrogen-bond donors (Lipinski definition) is 2. The van der Waals surface area contributed by atoms with Gasteiger partial charge in [-0.1, -0.05) is 12.1 Å². The van der Waals surface area contributed by atoms with Gasteiger partial charge in [-0.2, -0.15) is 0 Å². The van der Waals surface area contributed by atoms with Gasteiger partial charge in [0.15, 0.2) is 5.78 Å². The molecule has 4 rings (SSSR count). The molecule has 5 nitrogen and oxygen atoms in total. The van der Waals surface area contributed by atoms with Gasteiger partial charge in [0, 0.05) is 42.8 Å². The van der Waals surface area contributed by atoms with Gasteiger partial charge in [-0.05, 0) is 60.7 Å². The van der Waals surface area contributed by atoms with Crippen molar-refractivity contribution in [3.05, 3.63) is 65.0 Å². The normalized spacial score (nSPS) is 17.8. The standard InChI is InChI=1S/C22H23FN2O3/c23-17-3-1-2-16(13-17)22(8-10-28-11-9-22)14-24-21(27)25-18-5-6-19-15(12-18)4-7-20(19)26/h1-3,5-6,12-13H,4,7-11,14H2,(H2,24,25,27). The van der Waals surface area contributed by atoms with E-state index in [0.717, 1.165) is 29.5 Å². The number of nitrogens with one attached hydrogen (secondary N) is 2. The molecule has 0 unspecified atom stereocenters. The lowest BCUT2D eigenvalue weighted by Gasteiger charge is -2.38. The second-order valence-electron chi connectivity index (χ2n) is 7.51. The van der Waals surface area contributed by atoms with Crippen molar-refractivity contribution < 1.29 is 18.7 Å². The van der Waals surface area contributed by atoms with Crippen LogP contribution in [-0.4, -0.2) is 31.6 Å². The molecule has 2 N–H and O–H groups in total. The molecule has 2 aromatic carbocycles. The molecule has 2 amide bonds. The number of urea groups is 1. The number of aryl methyl sites for hydroxylation is 1. The first-order chi connectivity index (χ1) is 13.6. The number of carbonyl (C=O) groups is 2. The van der Waals surface area contributed by atoms with Crippen molar-refractivity contribution >= 4 is 17.5 Å². The van der Waals surface area contributed by atoms with Crippen LogP contribution in [0.4, 0.5) is 14.9 Å². The molecule has 1 fully saturated rings. The molecule has 0 saturated carbocycles. The molecule has 0 radical (unpaired) electrons. The molecule has 2 aliphatic rings. The molecule has 1 aliphatic heterocycles. The van der Waals surface area contributed by atoms with E-state index in [9.17, 15) is 14.0 Å². The molecule has 2 aromatic rings. The number of ether oxygens (including phenoxy) is 1. The van der Waals surface area contributed by atoms with Crippen molar-refractivity contribution in [3.8, 4) is 0 Å². The zero-order chi connectivity index (χ0) is 19.6. The maximum atomic E-state index is 13.8. The Kier molecular flexibility index (Phi) is 5.13. The molecule has 1 saturated heterocycles. The zero-order valence-corrected chi connectivity index (χ0v) is 15.6. The Morgan fingerprint density at radius 3 is 2.71 bits per heavy atom. The van der Waals surface area contributed by atoms with Gasteiger partial charge in [0.25, 0.3) is 0 Å². The molecule has 6 heteroatoms. The molecule has 146 valence electrons. The molecule has 28 heavy (non-hydrogen) atoms. The number of fused-ring (bicyclic) bond motifs is 1. The Hall–Kier alpha value is -2.73. The van der Waals surface area contributed by atoms with E-state index in [1.807, 2.05) is 12.1 Å². The van der Waals surface area contributed by atoms with Gasteiger partial charge in [-0.25, -0.2) is 9.18 Å². The number of hydrogen-bond acceptors (Lipinski definition) is 3. The predicted molar refractivity (Wildman–Crippen MR) is 104 cm³/mol. The minimum atomic E-state index is -0.345. The third kappa shape index (κ3) is 3.78. The van der Waals surface area contributed by atoms with E-state index in [2.05, 4.69) is 10.6 Å². The van der Waals surface area contributed by atoms with Crippen LogP contribution in [0.3, 0.4) is 0 Å². The van der Waals surface area contributed by atoms with Gasteiger partial charge in [-0.3, -0.25) is 4.79 Å². The summed E-state index contributed by atoms with van der Waals surface area (Å²) in [5.41, 5.74) is 2.92. The van der Waals surface area contributed by atoms with Gasteiger partial charge in [0.05, 0.1) is 0 Å². The number of rotatable bonds is 4. The fourth-order valence-corrected chi connectivity index (χ4v) is 4.11. The third-order valence-corrected chi connectivity index (χ3v) is 5.76. The summed E-state index contributed by atoms with van der Waals surface area (Å²) < 4.78 is 19.2. The predicted octanol–water partition coefficient (Wildman–Crippen LogP) is 3.82. The van der Waals surface area contributed by atoms with Crippen LogP contribution in [0, 0.1) is 5.82 Å². The SMILES string of the molecule is O=C(NCC1(c2cccc(F)c2)CCOCC1)Nc1ccc2c(c1)CCC2=O. The quantitative estimate of drug-likeness (QED) is 0.845. The van der Waals surface area contributed by atoms with Crippen molar-refractivity contribution in [1.82, 2.24) is 5.32 Å². The lowest BCUT2D eigenvalue weighted by molar-refractivity contribution is 0.0507. The van der Waals surface area contributed by atoms with Crippen LogP contribution in [0.2, 0.25) is 0 Å². The summed E-state index contributed by atoms with van der Waals surface area (Å²) in [7, 11) is 0. The van der Waals surface area contributed by atoms with Gasteiger partial charge in [0.1, 0.15) is 5.82 Å². The van der Waals surface area contributed by atoms with Crippen LogP contribution >= 0.6 is 0 Å². The summed E-state index contributed by atoms with van der Waals surface area (Å²) in [6.45, 7) is 1.56. The molecule has 0 aromatic heterocycles. The molecular weight excluding hydrogens is 359 g/mol. The van der Waals surface area contributed by atoms with Crippen molar-refractivity contribution in [2.45, 2.75) is 31.1 Å². The van der Waals surface area contributed by atoms with E-state index in [1.54, 1.807) is 24.3 Å². The van der Waals surface area contributed by atoms with Gasteiger partial charge >= 0.3 is 6.03 Å². The summed E-state index contributed by atoms with van der Waals surface area (Å²) >= 11 is 0. The smallest absolute Gasteiger partial charge is 0.319 e. The lowest BCUT2D eigenvalue weighted by Crippen LogP contribution is -2.45. The maximum absolute atomic E-state index is 13.8. The Bertz CT molecular complexity index is 906. The fraction of sp³-hybridized carbons (Fsp3) is 0.364. The van der Waals surface area contributed by atoms with Crippen LogP contribution in [0.15, 0.2) is 42.5 Å². The highest BCUT2D eigenvalue weighted by atomic mass is 19.1. The Morgan fingerprint density at radius 1 is 1.11 bits per heavy atom. The summed E-state index contributed by atoms with van der Waals surface area (Å²) in [5.74, 6) is -0.122. The minimum absolute atomic E-state index is 0.155. The number of amides is 2. The number of ketones is 1. The van der Waals surface area contributed by atoms with Crippen LogP contribution in [0.25, 0.3) is 0 Å². The van der Waals surface area contributed by atoms with E-state index in [-0.39, 0.29) is 23.0 Å². The van der Waals surface area contributed by atoms with E-state index < -0.39 is 0 Å². The largest absolute Gasteiger partial charge is 0.381 e. The number of halogens is 1. The zero-order valence-electron chi connectivity index (χ0n) is 15.6. The van der Waals surface area contributed by atoms with Crippen molar-refractivity contribution in [2.24, 2.45) is 0 Å². The second kappa shape index (κ2) is 7.72. The van der Waals surface area contributed by atoms with E-state index >= 15 is 0 Å². The Labute approximate surface area is 163 Å². The Morgan fingerprint density at radius 2 is 1.93 bits per heavy atom. The van der Waals surface area contributed by atoms with Crippen LogP contribution in [0.5, 0.6) is 0 Å². The molecule has 1 heterocycles. The van der Waals surface area contributed by atoms with Gasteiger partial charge < -0.3 is 15.4 Å². The maximum Gasteiger partial charge on any atom is 0.319 e. The highest BCUT2D eigenvalue weighted by Gasteiger charge is 2.35. The van der Waals surface area contributed by atoms with Crippen molar-refractivity contribution in [1.29, 1.82) is 0 Å². The minimum Gasteiger partial charge on any atom is -0.381 e. The topological polar surface area (TPSA) is 67.4 Å². The molecule has 0 atom stereocenters. The van der Waals surface area contributed by atoms with E-state index in [1.165, 1.54) is 6.07 Å². The van der Waals surface area contributed by atoms with Crippen LogP contribution < -0.4 is 10.6 Å². The van der Waals surface area contributed by atoms with Gasteiger partial charge in [0.2, 0.25) is 0 Å². The summed E-state index contributed by atoms with van der Waals surface area (Å²) in [5, 5.41) is 5.78. The second-order valence-corrected chi connectivity index (χ2v) is 7.51. The van der Waals surface area contributed by atoms with Crippen LogP contribution in [0.1, 0.15) is 40.7 Å². The molecule has 1 aliphatic carbocycles. The first kappa shape index (κ1) is 18.6. The number of carbonyl (C=O) groups excluding carboxylic acids is 2. The van der Waals surface area contributed by atoms with Gasteiger partial charge in [-0.15, -0.1) is 0 Å². The average Bonchev–Trinajstić information content (AvgIpc) is 3.07. The third-order valence-electron chi connectivity index (χ3n) is 5.76. The molecular formula is C22H23FN2O3. The first-order valence-electron chi connectivity index (χ1n) is 9.61. The van der Waals surface area contributed by atoms with Crippen LogP contribution in [-0.2, 0) is 16.6 Å². The van der Waals surface area contributed by atoms with E-state index in [4.69, 9.17) is 4.74 Å². The average molecular weight is 382 g/mol. The van der Waals surface area contributed by atoms with Crippen molar-refractivity contribution in [3.63, 3.8) is 0 Å². The van der Waals surface area contributed by atoms with Crippen molar-refractivity contribution in [2.75, 3.05) is 25.1 Å². The highest BCUT2D eigenvalue weighted by Crippen LogP contribution is 2.34. The first-order valence-corrected chi connectivity index (χ1v) is 9.61. The highest BCUT2D eigenvalue weighted by molar-refractivity contribution is 6.01.